The van der Waals surface area contributed by atoms with Gasteiger partial charge in [0.25, 0.3) is 0 Å². The van der Waals surface area contributed by atoms with Crippen molar-refractivity contribution in [2.24, 2.45) is 0 Å². The van der Waals surface area contributed by atoms with Crippen molar-refractivity contribution in [3.8, 4) is 0 Å². The van der Waals surface area contributed by atoms with E-state index < -0.39 is 0 Å². The third kappa shape index (κ3) is 3.03. The number of unbranched alkanes of at least 4 members (excludes halogenated alkanes) is 1. The van der Waals surface area contributed by atoms with E-state index in [-0.39, 0.29) is 0 Å². The molecule has 0 radical (unpaired) electrons. The molecular formula is C8H10BrIS. The standard InChI is InChI=1S/C8H10BrIS/c1-2-3-4-6-5-7(10)11-8(6)9/h5H,2-4H2,1H3. The molecule has 1 rings (SSSR count). The van der Waals surface area contributed by atoms with Gasteiger partial charge in [-0.15, -0.1) is 11.3 Å². The topological polar surface area (TPSA) is 0 Å². The Bertz CT molecular complexity index is 232. The first-order valence-corrected chi connectivity index (χ1v) is 6.36. The first-order valence-electron chi connectivity index (χ1n) is 3.67. The van der Waals surface area contributed by atoms with E-state index in [0.717, 1.165) is 0 Å². The number of halogens is 2. The zero-order valence-electron chi connectivity index (χ0n) is 6.36. The molecule has 0 N–H and O–H groups in total. The van der Waals surface area contributed by atoms with Gasteiger partial charge in [0.1, 0.15) is 0 Å². The van der Waals surface area contributed by atoms with Gasteiger partial charge in [-0.3, -0.25) is 0 Å². The van der Waals surface area contributed by atoms with Crippen molar-refractivity contribution < 1.29 is 0 Å². The molecule has 0 fully saturated rings. The minimum Gasteiger partial charge on any atom is -0.122 e. The summed E-state index contributed by atoms with van der Waals surface area (Å²) in [5.74, 6) is 0. The fraction of sp³-hybridized carbons (Fsp3) is 0.500. The Balaban J connectivity index is 2.62. The monoisotopic (exact) mass is 344 g/mol. The third-order valence-corrected chi connectivity index (χ3v) is 4.25. The van der Waals surface area contributed by atoms with Gasteiger partial charge in [0.2, 0.25) is 0 Å². The van der Waals surface area contributed by atoms with E-state index in [1.807, 2.05) is 11.3 Å². The van der Waals surface area contributed by atoms with Crippen LogP contribution in [-0.2, 0) is 6.42 Å². The molecule has 0 aliphatic carbocycles. The molecule has 3 heteroatoms. The second kappa shape index (κ2) is 4.82. The van der Waals surface area contributed by atoms with Gasteiger partial charge in [0.15, 0.2) is 0 Å². The van der Waals surface area contributed by atoms with Crippen LogP contribution in [0.15, 0.2) is 9.85 Å². The predicted molar refractivity (Wildman–Crippen MR) is 63.3 cm³/mol. The maximum atomic E-state index is 3.56. The molecule has 0 aromatic carbocycles. The van der Waals surface area contributed by atoms with Crippen LogP contribution in [0.2, 0.25) is 0 Å². The lowest BCUT2D eigenvalue weighted by atomic mass is 10.2. The third-order valence-electron chi connectivity index (χ3n) is 1.53. The molecule has 62 valence electrons. The number of aryl methyl sites for hydroxylation is 1. The van der Waals surface area contributed by atoms with Gasteiger partial charge in [-0.2, -0.15) is 0 Å². The summed E-state index contributed by atoms with van der Waals surface area (Å²) in [6.45, 7) is 2.23. The molecule has 0 saturated carbocycles. The summed E-state index contributed by atoms with van der Waals surface area (Å²) < 4.78 is 2.69. The molecule has 0 unspecified atom stereocenters. The molecule has 1 heterocycles. The van der Waals surface area contributed by atoms with E-state index in [1.165, 1.54) is 31.5 Å². The summed E-state index contributed by atoms with van der Waals surface area (Å²) in [7, 11) is 0. The van der Waals surface area contributed by atoms with Crippen molar-refractivity contribution >= 4 is 49.9 Å². The van der Waals surface area contributed by atoms with Gasteiger partial charge in [0.05, 0.1) is 6.67 Å². The van der Waals surface area contributed by atoms with E-state index >= 15 is 0 Å². The molecule has 1 aromatic rings. The minimum atomic E-state index is 1.22. The van der Waals surface area contributed by atoms with Crippen LogP contribution < -0.4 is 0 Å². The Hall–Kier alpha value is 0.910. The van der Waals surface area contributed by atoms with Crippen LogP contribution in [0.1, 0.15) is 25.3 Å². The Kier molecular flexibility index (Phi) is 4.38. The molecule has 1 aromatic heterocycles. The lowest BCUT2D eigenvalue weighted by molar-refractivity contribution is 0.795. The molecule has 0 spiro atoms. The van der Waals surface area contributed by atoms with E-state index in [9.17, 15) is 0 Å². The van der Waals surface area contributed by atoms with Crippen LogP contribution >= 0.6 is 49.9 Å². The van der Waals surface area contributed by atoms with Crippen molar-refractivity contribution in [2.45, 2.75) is 26.2 Å². The highest BCUT2D eigenvalue weighted by Gasteiger charge is 2.03. The van der Waals surface area contributed by atoms with Crippen molar-refractivity contribution in [1.82, 2.24) is 0 Å². The van der Waals surface area contributed by atoms with Gasteiger partial charge in [-0.1, -0.05) is 13.3 Å². The van der Waals surface area contributed by atoms with E-state index in [0.29, 0.717) is 0 Å². The van der Waals surface area contributed by atoms with E-state index in [1.54, 1.807) is 0 Å². The maximum Gasteiger partial charge on any atom is 0.0741 e. The van der Waals surface area contributed by atoms with Crippen molar-refractivity contribution in [2.75, 3.05) is 0 Å². The SMILES string of the molecule is CCCCc1cc(I)sc1Br. The predicted octanol–water partition coefficient (Wildman–Crippen LogP) is 4.46. The average Bonchev–Trinajstić information content (AvgIpc) is 2.26. The van der Waals surface area contributed by atoms with Gasteiger partial charge in [-0.25, -0.2) is 0 Å². The van der Waals surface area contributed by atoms with Crippen molar-refractivity contribution in [3.05, 3.63) is 18.3 Å². The quantitative estimate of drug-likeness (QED) is 0.710. The number of rotatable bonds is 3. The average molecular weight is 345 g/mol. The first-order chi connectivity index (χ1) is 5.24. The molecule has 0 amide bonds. The van der Waals surface area contributed by atoms with Gasteiger partial charge in [0, 0.05) is 0 Å². The van der Waals surface area contributed by atoms with Crippen molar-refractivity contribution in [3.63, 3.8) is 0 Å². The van der Waals surface area contributed by atoms with Crippen LogP contribution in [0, 0.1) is 2.88 Å². The Morgan fingerprint density at radius 1 is 1.64 bits per heavy atom. The molecule has 11 heavy (non-hydrogen) atoms. The summed E-state index contributed by atoms with van der Waals surface area (Å²) in [5.41, 5.74) is 1.47. The second-order valence-electron chi connectivity index (χ2n) is 2.45. The molecule has 0 aliphatic heterocycles. The molecule has 0 saturated heterocycles. The fourth-order valence-corrected chi connectivity index (χ4v) is 4.36. The summed E-state index contributed by atoms with van der Waals surface area (Å²) in [5, 5.41) is 0. The number of hydrogen-bond acceptors (Lipinski definition) is 1. The highest BCUT2D eigenvalue weighted by Crippen LogP contribution is 2.30. The zero-order valence-corrected chi connectivity index (χ0v) is 10.9. The Morgan fingerprint density at radius 3 is 2.82 bits per heavy atom. The first kappa shape index (κ1) is 9.99. The Labute approximate surface area is 93.7 Å². The van der Waals surface area contributed by atoms with Crippen LogP contribution in [0.25, 0.3) is 0 Å². The summed E-state index contributed by atoms with van der Waals surface area (Å²) in [6.07, 6.45) is 3.79. The molecule has 0 aliphatic rings. The van der Waals surface area contributed by atoms with Gasteiger partial charge >= 0.3 is 0 Å². The molecule has 0 atom stereocenters. The van der Waals surface area contributed by atoms with Gasteiger partial charge < -0.3 is 0 Å². The van der Waals surface area contributed by atoms with E-state index in [4.69, 9.17) is 0 Å². The van der Waals surface area contributed by atoms with Crippen molar-refractivity contribution in [1.29, 1.82) is 0 Å². The largest absolute Gasteiger partial charge is 0.122 e. The highest BCUT2D eigenvalue weighted by atomic mass is 127. The molecule has 0 bridgehead atoms. The lowest BCUT2D eigenvalue weighted by Gasteiger charge is -1.94. The number of hydrogen-bond donors (Lipinski definition) is 0. The minimum absolute atomic E-state index is 1.22. The van der Waals surface area contributed by atoms with Crippen LogP contribution in [0.4, 0.5) is 0 Å². The second-order valence-corrected chi connectivity index (χ2v) is 6.72. The van der Waals surface area contributed by atoms with Gasteiger partial charge in [-0.05, 0) is 63.0 Å². The zero-order chi connectivity index (χ0) is 8.27. The number of thiophene rings is 1. The van der Waals surface area contributed by atoms with E-state index in [2.05, 4.69) is 51.5 Å². The van der Waals surface area contributed by atoms with Crippen LogP contribution in [0.3, 0.4) is 0 Å². The van der Waals surface area contributed by atoms with Crippen LogP contribution in [-0.4, -0.2) is 0 Å². The maximum absolute atomic E-state index is 3.56. The summed E-state index contributed by atoms with van der Waals surface area (Å²) >= 11 is 7.75. The summed E-state index contributed by atoms with van der Waals surface area (Å²) in [4.78, 5) is 0. The molecule has 0 nitrogen and oxygen atoms in total. The molecular weight excluding hydrogens is 335 g/mol. The van der Waals surface area contributed by atoms with Crippen LogP contribution in [0.5, 0.6) is 0 Å². The lowest BCUT2D eigenvalue weighted by Crippen LogP contribution is -1.80. The fourth-order valence-electron chi connectivity index (χ4n) is 0.912. The summed E-state index contributed by atoms with van der Waals surface area (Å²) in [6, 6.07) is 2.27. The smallest absolute Gasteiger partial charge is 0.0741 e. The normalized spacial score (nSPS) is 10.5. The Morgan fingerprint density at radius 2 is 2.36 bits per heavy atom. The highest BCUT2D eigenvalue weighted by molar-refractivity contribution is 14.1.